The second kappa shape index (κ2) is 12.2. The monoisotopic (exact) mass is 598 g/mol. The van der Waals surface area contributed by atoms with Gasteiger partial charge in [-0.05, 0) is 74.4 Å². The lowest BCUT2D eigenvalue weighted by Gasteiger charge is -2.38. The lowest BCUT2D eigenvalue weighted by molar-refractivity contribution is -0.442. The fraction of sp³-hybridized carbons (Fsp3) is 0.256. The predicted octanol–water partition coefficient (Wildman–Crippen LogP) is 7.78. The van der Waals surface area contributed by atoms with E-state index in [1.54, 1.807) is 12.1 Å². The Bertz CT molecular complexity index is 1770. The minimum atomic E-state index is -0.996. The number of nitrogens with zero attached hydrogens (tertiary/aromatic N) is 2. The molecule has 228 valence electrons. The summed E-state index contributed by atoms with van der Waals surface area (Å²) in [6.45, 7) is 6.83. The third-order valence-electron chi connectivity index (χ3n) is 9.11. The second-order valence-electron chi connectivity index (χ2n) is 12.3. The number of para-hydroxylation sites is 2. The summed E-state index contributed by atoms with van der Waals surface area (Å²) in [6.07, 6.45) is 4.17. The van der Waals surface area contributed by atoms with Crippen LogP contribution in [0.1, 0.15) is 67.9 Å². The molecular formula is C39H38N2O4. The van der Waals surface area contributed by atoms with Gasteiger partial charge in [0.25, 0.3) is 0 Å². The van der Waals surface area contributed by atoms with E-state index in [1.807, 2.05) is 105 Å². The number of anilines is 3. The molecule has 1 atom stereocenters. The van der Waals surface area contributed by atoms with Crippen molar-refractivity contribution in [1.82, 2.24) is 0 Å². The molecule has 0 amide bonds. The van der Waals surface area contributed by atoms with Crippen molar-refractivity contribution < 1.29 is 24.4 Å². The first kappa shape index (κ1) is 30.1. The van der Waals surface area contributed by atoms with Crippen LogP contribution >= 0.6 is 0 Å². The molecule has 6 rings (SSSR count). The lowest BCUT2D eigenvalue weighted by atomic mass is 9.67. The first-order valence-corrected chi connectivity index (χ1v) is 15.7. The first-order chi connectivity index (χ1) is 21.7. The van der Waals surface area contributed by atoms with Crippen LogP contribution in [0.2, 0.25) is 0 Å². The third kappa shape index (κ3) is 5.35. The molecule has 0 saturated carbocycles. The van der Waals surface area contributed by atoms with Crippen LogP contribution in [-0.4, -0.2) is 33.7 Å². The van der Waals surface area contributed by atoms with E-state index >= 15 is 0 Å². The highest BCUT2D eigenvalue weighted by Crippen LogP contribution is 2.48. The Hall–Kier alpha value is -4.97. The van der Waals surface area contributed by atoms with Crippen molar-refractivity contribution in [2.45, 2.75) is 51.9 Å². The molecule has 4 aromatic carbocycles. The summed E-state index contributed by atoms with van der Waals surface area (Å²) >= 11 is 0. The predicted molar refractivity (Wildman–Crippen MR) is 177 cm³/mol. The van der Waals surface area contributed by atoms with Crippen LogP contribution in [0, 0.1) is 5.92 Å². The fourth-order valence-corrected chi connectivity index (χ4v) is 6.83. The van der Waals surface area contributed by atoms with Crippen molar-refractivity contribution in [2.75, 3.05) is 11.4 Å². The number of hydrogen-bond donors (Lipinski definition) is 1. The van der Waals surface area contributed by atoms with Gasteiger partial charge in [0.15, 0.2) is 11.5 Å². The van der Waals surface area contributed by atoms with Crippen molar-refractivity contribution in [2.24, 2.45) is 5.92 Å². The van der Waals surface area contributed by atoms with Crippen molar-refractivity contribution in [1.29, 1.82) is 0 Å². The van der Waals surface area contributed by atoms with Gasteiger partial charge < -0.3 is 15.1 Å². The average Bonchev–Trinajstić information content (AvgIpc) is 3.26. The van der Waals surface area contributed by atoms with Crippen LogP contribution in [0.3, 0.4) is 0 Å². The Morgan fingerprint density at radius 2 is 1.44 bits per heavy atom. The molecule has 1 unspecified atom stereocenters. The van der Waals surface area contributed by atoms with Crippen molar-refractivity contribution in [3.05, 3.63) is 126 Å². The largest absolute Gasteiger partial charge is 0.874 e. The van der Waals surface area contributed by atoms with Crippen molar-refractivity contribution >= 4 is 45.8 Å². The number of carboxylic acids is 1. The highest BCUT2D eigenvalue weighted by molar-refractivity contribution is 6.37. The van der Waals surface area contributed by atoms with Gasteiger partial charge in [-0.15, -0.1) is 0 Å². The molecule has 1 aliphatic carbocycles. The molecule has 2 aliphatic rings. The summed E-state index contributed by atoms with van der Waals surface area (Å²) in [4.78, 5) is 27.9. The Morgan fingerprint density at radius 1 is 0.844 bits per heavy atom. The van der Waals surface area contributed by atoms with Gasteiger partial charge in [0.1, 0.15) is 12.5 Å². The second-order valence-corrected chi connectivity index (χ2v) is 12.3. The molecule has 0 aromatic heterocycles. The zero-order chi connectivity index (χ0) is 31.7. The number of aromatic carboxylic acids is 1. The van der Waals surface area contributed by atoms with Crippen LogP contribution in [0.5, 0.6) is 0 Å². The number of rotatable bonds is 11. The molecule has 0 fully saturated rings. The standard InChI is InChI=1S/C39H38N2O4/c1-4-5-6-13-24-40-32-23-20-27(38(44)45)25-31(32)39(2,3)37(40)34-35(42)33(36(34)43)26-18-21-30(22-19-26)41(28-14-9-7-10-15-28)29-16-11-8-12-17-29/h7-12,14-23,25,34H,4-6,13,24H2,1-3H3,(H-,42,43,44,45). The Morgan fingerprint density at radius 3 is 2.00 bits per heavy atom. The van der Waals surface area contributed by atoms with E-state index in [1.165, 1.54) is 0 Å². The van der Waals surface area contributed by atoms with Crippen molar-refractivity contribution in [3.8, 4) is 0 Å². The number of Topliss-reactive ketones (excluding diaryl/α,β-unsaturated/α-hetero) is 1. The average molecular weight is 599 g/mol. The van der Waals surface area contributed by atoms with Gasteiger partial charge >= 0.3 is 5.97 Å². The van der Waals surface area contributed by atoms with Gasteiger partial charge in [-0.25, -0.2) is 4.79 Å². The number of carboxylic acid groups (broad SMARTS) is 1. The maximum atomic E-state index is 13.9. The SMILES string of the molecule is CCCCCC[N+]1=C(C2C(=O)C(c3ccc(N(c4ccccc4)c4ccccc4)cc3)=C2[O-])C(C)(C)c2cc(C(=O)O)ccc21. The number of carbonyl (C=O) groups is 2. The van der Waals surface area contributed by atoms with E-state index in [0.717, 1.165) is 59.7 Å². The van der Waals surface area contributed by atoms with Crippen molar-refractivity contribution in [3.63, 3.8) is 0 Å². The molecule has 6 heteroatoms. The minimum absolute atomic E-state index is 0.177. The van der Waals surface area contributed by atoms with E-state index in [9.17, 15) is 19.8 Å². The van der Waals surface area contributed by atoms with Crippen LogP contribution in [-0.2, 0) is 10.2 Å². The number of benzene rings is 4. The fourth-order valence-electron chi connectivity index (χ4n) is 6.83. The summed E-state index contributed by atoms with van der Waals surface area (Å²) in [5.41, 5.74) is 5.78. The van der Waals surface area contributed by atoms with Gasteiger partial charge in [0.05, 0.1) is 11.0 Å². The van der Waals surface area contributed by atoms with Gasteiger partial charge in [-0.2, -0.15) is 4.58 Å². The quantitative estimate of drug-likeness (QED) is 0.141. The molecule has 1 aliphatic heterocycles. The number of unbranched alkanes of at least 4 members (excludes halogenated alkanes) is 3. The van der Waals surface area contributed by atoms with E-state index in [2.05, 4.69) is 16.4 Å². The van der Waals surface area contributed by atoms with Gasteiger partial charge in [-0.3, -0.25) is 4.79 Å². The highest BCUT2D eigenvalue weighted by Gasteiger charge is 2.54. The van der Waals surface area contributed by atoms with Crippen LogP contribution < -0.4 is 10.0 Å². The molecule has 0 bridgehead atoms. The normalized spacial score (nSPS) is 16.9. The molecule has 0 radical (unpaired) electrons. The van der Waals surface area contributed by atoms with E-state index in [-0.39, 0.29) is 22.7 Å². The summed E-state index contributed by atoms with van der Waals surface area (Å²) in [7, 11) is 0. The third-order valence-corrected chi connectivity index (χ3v) is 9.11. The molecular weight excluding hydrogens is 560 g/mol. The highest BCUT2D eigenvalue weighted by atomic mass is 16.4. The summed E-state index contributed by atoms with van der Waals surface area (Å²) in [5.74, 6) is -2.23. The first-order valence-electron chi connectivity index (χ1n) is 15.7. The number of allylic oxidation sites excluding steroid dienone is 2. The maximum Gasteiger partial charge on any atom is 0.335 e. The summed E-state index contributed by atoms with van der Waals surface area (Å²) in [6, 6.07) is 32.9. The molecule has 6 nitrogen and oxygen atoms in total. The molecule has 0 spiro atoms. The smallest absolute Gasteiger partial charge is 0.335 e. The molecule has 45 heavy (non-hydrogen) atoms. The summed E-state index contributed by atoms with van der Waals surface area (Å²) in [5, 5.41) is 23.6. The zero-order valence-corrected chi connectivity index (χ0v) is 26.0. The van der Waals surface area contributed by atoms with Crippen LogP contribution in [0.15, 0.2) is 109 Å². The molecule has 4 aromatic rings. The Kier molecular flexibility index (Phi) is 8.15. The lowest BCUT2D eigenvalue weighted by Crippen LogP contribution is -2.49. The zero-order valence-electron chi connectivity index (χ0n) is 26.0. The topological polar surface area (TPSA) is 83.7 Å². The summed E-state index contributed by atoms with van der Waals surface area (Å²) < 4.78 is 2.12. The van der Waals surface area contributed by atoms with E-state index in [0.29, 0.717) is 12.1 Å². The Labute approximate surface area is 264 Å². The van der Waals surface area contributed by atoms with Crippen LogP contribution in [0.4, 0.5) is 22.7 Å². The molecule has 0 saturated heterocycles. The van der Waals surface area contributed by atoms with E-state index < -0.39 is 17.3 Å². The number of hydrogen-bond acceptors (Lipinski definition) is 4. The number of fused-ring (bicyclic) bond motifs is 1. The van der Waals surface area contributed by atoms with Gasteiger partial charge in [-0.1, -0.05) is 74.1 Å². The van der Waals surface area contributed by atoms with E-state index in [4.69, 9.17) is 0 Å². The molecule has 1 heterocycles. The number of ketones is 1. The van der Waals surface area contributed by atoms with Crippen LogP contribution in [0.25, 0.3) is 5.57 Å². The minimum Gasteiger partial charge on any atom is -0.874 e. The maximum absolute atomic E-state index is 13.9. The Balaban J connectivity index is 1.36. The molecule has 1 N–H and O–H groups in total. The number of carbonyl (C=O) groups excluding carboxylic acids is 1. The van der Waals surface area contributed by atoms with Gasteiger partial charge in [0, 0.05) is 40.7 Å². The van der Waals surface area contributed by atoms with Gasteiger partial charge in [0.2, 0.25) is 5.69 Å².